The minimum atomic E-state index is -4.77. The molecule has 1 atom stereocenters. The van der Waals surface area contributed by atoms with Gasteiger partial charge in [-0.15, -0.1) is 13.2 Å². The van der Waals surface area contributed by atoms with Crippen LogP contribution in [-0.2, 0) is 14.3 Å². The van der Waals surface area contributed by atoms with Crippen LogP contribution in [0.1, 0.15) is 48.0 Å². The summed E-state index contributed by atoms with van der Waals surface area (Å²) in [5.74, 6) is -0.563. The third-order valence-electron chi connectivity index (χ3n) is 6.12. The monoisotopic (exact) mass is 583 g/mol. The van der Waals surface area contributed by atoms with E-state index in [4.69, 9.17) is 0 Å². The Bertz CT molecular complexity index is 1150. The van der Waals surface area contributed by atoms with Gasteiger partial charge in [-0.05, 0) is 89.0 Å². The van der Waals surface area contributed by atoms with E-state index in [0.29, 0.717) is 6.54 Å². The Labute approximate surface area is 224 Å². The van der Waals surface area contributed by atoms with Crippen molar-refractivity contribution >= 4 is 27.7 Å². The standard InChI is InChI=1S/C27H33BrF3N3O3/c1-7-32-22(35)15-34-21(16-8-10-19(11-9-16)37-27(29,30)31)13-17-12-18(14-20(28)23(17)34)26(5,6)24(36)33-25(2,3)4/h8,10-14,23H,7,9,15H2,1-6H3,(H,32,35)(H,33,36). The first-order chi connectivity index (χ1) is 17.0. The summed E-state index contributed by atoms with van der Waals surface area (Å²) in [6, 6.07) is -0.305. The molecular weight excluding hydrogens is 551 g/mol. The van der Waals surface area contributed by atoms with E-state index in [1.807, 2.05) is 64.7 Å². The van der Waals surface area contributed by atoms with Gasteiger partial charge in [-0.1, -0.05) is 28.1 Å². The largest absolute Gasteiger partial charge is 0.573 e. The molecular formula is C27H33BrF3N3O3. The van der Waals surface area contributed by atoms with Crippen LogP contribution in [0.5, 0.6) is 0 Å². The molecule has 0 aromatic rings. The van der Waals surface area contributed by atoms with Gasteiger partial charge in [0.15, 0.2) is 0 Å². The first-order valence-electron chi connectivity index (χ1n) is 12.1. The predicted octanol–water partition coefficient (Wildman–Crippen LogP) is 5.53. The van der Waals surface area contributed by atoms with Gasteiger partial charge in [-0.2, -0.15) is 0 Å². The zero-order valence-electron chi connectivity index (χ0n) is 21.8. The van der Waals surface area contributed by atoms with Crippen LogP contribution in [-0.4, -0.2) is 47.7 Å². The average Bonchev–Trinajstić information content (AvgIpc) is 3.10. The van der Waals surface area contributed by atoms with Crippen molar-refractivity contribution in [3.05, 3.63) is 69.1 Å². The van der Waals surface area contributed by atoms with Crippen LogP contribution in [0.4, 0.5) is 13.2 Å². The fourth-order valence-electron chi connectivity index (χ4n) is 4.29. The van der Waals surface area contributed by atoms with Gasteiger partial charge in [0.05, 0.1) is 18.0 Å². The maximum atomic E-state index is 13.1. The van der Waals surface area contributed by atoms with Crippen LogP contribution in [0.3, 0.4) is 0 Å². The lowest BCUT2D eigenvalue weighted by molar-refractivity contribution is -0.303. The molecule has 37 heavy (non-hydrogen) atoms. The molecule has 202 valence electrons. The van der Waals surface area contributed by atoms with E-state index in [1.54, 1.807) is 6.08 Å². The maximum Gasteiger partial charge on any atom is 0.573 e. The number of nitrogens with zero attached hydrogens (tertiary/aromatic N) is 1. The summed E-state index contributed by atoms with van der Waals surface area (Å²) >= 11 is 3.68. The number of alkyl halides is 3. The average molecular weight is 584 g/mol. The Morgan fingerprint density at radius 1 is 1.11 bits per heavy atom. The number of hydrogen-bond acceptors (Lipinski definition) is 4. The van der Waals surface area contributed by atoms with Crippen LogP contribution >= 0.6 is 15.9 Å². The Hall–Kier alpha value is -2.75. The fraction of sp³-hybridized carbons (Fsp3) is 0.481. The number of carbonyl (C=O) groups excluding carboxylic acids is 2. The number of fused-ring (bicyclic) bond motifs is 1. The quantitative estimate of drug-likeness (QED) is 0.431. The number of nitrogens with one attached hydrogen (secondary N) is 2. The topological polar surface area (TPSA) is 70.7 Å². The van der Waals surface area contributed by atoms with Crippen molar-refractivity contribution < 1.29 is 27.5 Å². The SMILES string of the molecule is CCNC(=O)CN1C(=C2C=CC(OC(F)(F)F)=CC2)C=C2C=C(C(C)(C)C(=O)NC(C)(C)C)C=C(Br)C21. The molecule has 0 radical (unpaired) electrons. The molecule has 2 N–H and O–H groups in total. The van der Waals surface area contributed by atoms with E-state index in [0.717, 1.165) is 26.9 Å². The highest BCUT2D eigenvalue weighted by molar-refractivity contribution is 9.11. The smallest absolute Gasteiger partial charge is 0.406 e. The predicted molar refractivity (Wildman–Crippen MR) is 140 cm³/mol. The number of allylic oxidation sites excluding steroid dienone is 6. The minimum Gasteiger partial charge on any atom is -0.406 e. The summed E-state index contributed by atoms with van der Waals surface area (Å²) < 4.78 is 42.7. The molecule has 2 aliphatic carbocycles. The van der Waals surface area contributed by atoms with Crippen LogP contribution < -0.4 is 10.6 Å². The van der Waals surface area contributed by atoms with Crippen molar-refractivity contribution in [3.8, 4) is 0 Å². The van der Waals surface area contributed by atoms with Crippen molar-refractivity contribution in [2.24, 2.45) is 5.41 Å². The van der Waals surface area contributed by atoms with Gasteiger partial charge in [0, 0.05) is 22.3 Å². The van der Waals surface area contributed by atoms with Crippen LogP contribution in [0.25, 0.3) is 0 Å². The third-order valence-corrected chi connectivity index (χ3v) is 6.78. The van der Waals surface area contributed by atoms with Gasteiger partial charge in [0.25, 0.3) is 0 Å². The Kier molecular flexibility index (Phi) is 8.22. The van der Waals surface area contributed by atoms with Crippen LogP contribution in [0.2, 0.25) is 0 Å². The number of amides is 2. The molecule has 2 amide bonds. The van der Waals surface area contributed by atoms with Crippen LogP contribution in [0, 0.1) is 5.41 Å². The highest BCUT2D eigenvalue weighted by atomic mass is 79.9. The number of ether oxygens (including phenoxy) is 1. The van der Waals surface area contributed by atoms with E-state index >= 15 is 0 Å². The van der Waals surface area contributed by atoms with Gasteiger partial charge in [0.2, 0.25) is 11.8 Å². The summed E-state index contributed by atoms with van der Waals surface area (Å²) in [6.07, 6.45) is 5.46. The second-order valence-electron chi connectivity index (χ2n) is 10.7. The number of hydrogen-bond donors (Lipinski definition) is 2. The molecule has 0 saturated heterocycles. The number of halogens is 4. The van der Waals surface area contributed by atoms with Crippen molar-refractivity contribution in [1.82, 2.24) is 15.5 Å². The first-order valence-corrected chi connectivity index (χ1v) is 12.8. The molecule has 0 saturated carbocycles. The molecule has 1 heterocycles. The number of rotatable bonds is 6. The third kappa shape index (κ3) is 6.97. The summed E-state index contributed by atoms with van der Waals surface area (Å²) in [7, 11) is 0. The summed E-state index contributed by atoms with van der Waals surface area (Å²) in [5, 5.41) is 5.84. The Balaban J connectivity index is 2.00. The van der Waals surface area contributed by atoms with E-state index in [1.165, 1.54) is 12.2 Å². The summed E-state index contributed by atoms with van der Waals surface area (Å²) in [6.45, 7) is 11.8. The highest BCUT2D eigenvalue weighted by Crippen LogP contribution is 2.44. The summed E-state index contributed by atoms with van der Waals surface area (Å²) in [4.78, 5) is 27.6. The lowest BCUT2D eigenvalue weighted by atomic mass is 9.78. The molecule has 0 fully saturated rings. The van der Waals surface area contributed by atoms with Gasteiger partial charge < -0.3 is 20.3 Å². The molecule has 0 spiro atoms. The van der Waals surface area contributed by atoms with E-state index in [-0.39, 0.29) is 36.6 Å². The Morgan fingerprint density at radius 3 is 2.32 bits per heavy atom. The second kappa shape index (κ2) is 10.6. The fourth-order valence-corrected chi connectivity index (χ4v) is 5.05. The van der Waals surface area contributed by atoms with Crippen molar-refractivity contribution in [3.63, 3.8) is 0 Å². The molecule has 1 aliphatic heterocycles. The van der Waals surface area contributed by atoms with Gasteiger partial charge in [-0.3, -0.25) is 9.59 Å². The molecule has 1 unspecified atom stereocenters. The molecule has 3 rings (SSSR count). The highest BCUT2D eigenvalue weighted by Gasteiger charge is 2.40. The number of carbonyl (C=O) groups is 2. The molecule has 0 bridgehead atoms. The lowest BCUT2D eigenvalue weighted by Gasteiger charge is -2.35. The van der Waals surface area contributed by atoms with E-state index in [9.17, 15) is 22.8 Å². The summed E-state index contributed by atoms with van der Waals surface area (Å²) in [5.41, 5.74) is 1.92. The molecule has 6 nitrogen and oxygen atoms in total. The van der Waals surface area contributed by atoms with E-state index in [2.05, 4.69) is 31.3 Å². The molecule has 10 heteroatoms. The second-order valence-corrected chi connectivity index (χ2v) is 11.6. The van der Waals surface area contributed by atoms with Crippen molar-refractivity contribution in [2.75, 3.05) is 13.1 Å². The number of likely N-dealkylation sites (N-methyl/N-ethyl adjacent to an activating group) is 1. The molecule has 0 aromatic heterocycles. The molecule has 0 aromatic carbocycles. The normalized spacial score (nSPS) is 22.0. The van der Waals surface area contributed by atoms with Gasteiger partial charge in [0.1, 0.15) is 5.76 Å². The van der Waals surface area contributed by atoms with Crippen molar-refractivity contribution in [2.45, 2.75) is 65.9 Å². The zero-order chi connectivity index (χ0) is 27.8. The van der Waals surface area contributed by atoms with E-state index < -0.39 is 17.3 Å². The van der Waals surface area contributed by atoms with Crippen molar-refractivity contribution in [1.29, 1.82) is 0 Å². The van der Waals surface area contributed by atoms with Crippen LogP contribution in [0.15, 0.2) is 69.1 Å². The zero-order valence-corrected chi connectivity index (χ0v) is 23.4. The molecule has 3 aliphatic rings. The first kappa shape index (κ1) is 28.8. The minimum absolute atomic E-state index is 0.0564. The maximum absolute atomic E-state index is 13.1. The lowest BCUT2D eigenvalue weighted by Crippen LogP contribution is -2.48. The van der Waals surface area contributed by atoms with Gasteiger partial charge in [-0.25, -0.2) is 0 Å². The van der Waals surface area contributed by atoms with Gasteiger partial charge >= 0.3 is 6.36 Å². The Morgan fingerprint density at radius 2 is 1.78 bits per heavy atom.